The molecular formula is C12H13BrN2O2. The number of aromatic amines is 1. The molecule has 0 saturated carbocycles. The lowest BCUT2D eigenvalue weighted by Gasteiger charge is -2.08. The van der Waals surface area contributed by atoms with Crippen molar-refractivity contribution in [1.29, 1.82) is 0 Å². The number of aliphatic hydroxyl groups is 1. The molecule has 0 radical (unpaired) electrons. The number of rotatable bonds is 3. The number of aliphatic hydroxyl groups excluding tert-OH is 1. The average molecular weight is 297 g/mol. The lowest BCUT2D eigenvalue weighted by atomic mass is 10.2. The fourth-order valence-corrected chi connectivity index (χ4v) is 1.93. The SMILES string of the molecule is CC(CO)NC(=O)c1cc2ccc(Br)cc2[nH]1. The van der Waals surface area contributed by atoms with Crippen LogP contribution in [0.4, 0.5) is 0 Å². The van der Waals surface area contributed by atoms with Crippen LogP contribution < -0.4 is 5.32 Å². The Labute approximate surface area is 107 Å². The summed E-state index contributed by atoms with van der Waals surface area (Å²) in [6, 6.07) is 7.32. The van der Waals surface area contributed by atoms with Crippen molar-refractivity contribution in [1.82, 2.24) is 10.3 Å². The molecule has 1 atom stereocenters. The monoisotopic (exact) mass is 296 g/mol. The van der Waals surface area contributed by atoms with Crippen molar-refractivity contribution in [3.05, 3.63) is 34.4 Å². The smallest absolute Gasteiger partial charge is 0.268 e. The number of aromatic nitrogens is 1. The molecule has 2 aromatic rings. The summed E-state index contributed by atoms with van der Waals surface area (Å²) in [7, 11) is 0. The lowest BCUT2D eigenvalue weighted by Crippen LogP contribution is -2.35. The van der Waals surface area contributed by atoms with Crippen LogP contribution in [0, 0.1) is 0 Å². The Balaban J connectivity index is 2.27. The fourth-order valence-electron chi connectivity index (χ4n) is 1.57. The van der Waals surface area contributed by atoms with Gasteiger partial charge in [-0.05, 0) is 25.1 Å². The quantitative estimate of drug-likeness (QED) is 0.811. The van der Waals surface area contributed by atoms with E-state index in [1.165, 1.54) is 0 Å². The standard InChI is InChI=1S/C12H13BrN2O2/c1-7(6-16)14-12(17)11-4-8-2-3-9(13)5-10(8)15-11/h2-5,7,15-16H,6H2,1H3,(H,14,17). The van der Waals surface area contributed by atoms with Gasteiger partial charge in [0, 0.05) is 21.4 Å². The highest BCUT2D eigenvalue weighted by Crippen LogP contribution is 2.20. The zero-order valence-electron chi connectivity index (χ0n) is 9.33. The second-order valence-corrected chi connectivity index (χ2v) is 4.89. The molecule has 5 heteroatoms. The third kappa shape index (κ3) is 2.68. The van der Waals surface area contributed by atoms with Gasteiger partial charge in [-0.25, -0.2) is 0 Å². The summed E-state index contributed by atoms with van der Waals surface area (Å²) in [5.41, 5.74) is 1.40. The van der Waals surface area contributed by atoms with E-state index in [0.29, 0.717) is 5.69 Å². The first kappa shape index (κ1) is 12.1. The first-order valence-corrected chi connectivity index (χ1v) is 6.09. The molecule has 0 aliphatic carbocycles. The summed E-state index contributed by atoms with van der Waals surface area (Å²) in [4.78, 5) is 14.8. The van der Waals surface area contributed by atoms with E-state index in [4.69, 9.17) is 5.11 Å². The third-order valence-corrected chi connectivity index (χ3v) is 2.97. The Morgan fingerprint density at radius 2 is 2.29 bits per heavy atom. The van der Waals surface area contributed by atoms with Gasteiger partial charge in [0.1, 0.15) is 5.69 Å². The molecule has 1 amide bonds. The van der Waals surface area contributed by atoms with E-state index < -0.39 is 0 Å². The van der Waals surface area contributed by atoms with E-state index in [9.17, 15) is 4.79 Å². The highest BCUT2D eigenvalue weighted by atomic mass is 79.9. The Kier molecular flexibility index (Phi) is 3.49. The molecular weight excluding hydrogens is 284 g/mol. The van der Waals surface area contributed by atoms with Crippen LogP contribution in [0.15, 0.2) is 28.7 Å². The molecule has 0 bridgehead atoms. The molecule has 0 aliphatic rings. The first-order chi connectivity index (χ1) is 8.10. The number of benzene rings is 1. The normalized spacial score (nSPS) is 12.6. The second kappa shape index (κ2) is 4.89. The molecule has 3 N–H and O–H groups in total. The summed E-state index contributed by atoms with van der Waals surface area (Å²) in [5.74, 6) is -0.209. The maximum Gasteiger partial charge on any atom is 0.268 e. The maximum atomic E-state index is 11.8. The number of H-pyrrole nitrogens is 1. The van der Waals surface area contributed by atoms with E-state index in [0.717, 1.165) is 15.4 Å². The largest absolute Gasteiger partial charge is 0.394 e. The van der Waals surface area contributed by atoms with Crippen LogP contribution in [0.25, 0.3) is 10.9 Å². The Hall–Kier alpha value is -1.33. The van der Waals surface area contributed by atoms with Crippen LogP contribution in [0.3, 0.4) is 0 Å². The van der Waals surface area contributed by atoms with E-state index in [-0.39, 0.29) is 18.6 Å². The Morgan fingerprint density at radius 3 is 3.00 bits per heavy atom. The van der Waals surface area contributed by atoms with Gasteiger partial charge >= 0.3 is 0 Å². The third-order valence-electron chi connectivity index (χ3n) is 2.48. The lowest BCUT2D eigenvalue weighted by molar-refractivity contribution is 0.0918. The number of fused-ring (bicyclic) bond motifs is 1. The van der Waals surface area contributed by atoms with Gasteiger partial charge in [-0.2, -0.15) is 0 Å². The molecule has 4 nitrogen and oxygen atoms in total. The van der Waals surface area contributed by atoms with Crippen molar-refractivity contribution >= 4 is 32.7 Å². The van der Waals surface area contributed by atoms with Gasteiger partial charge in [0.15, 0.2) is 0 Å². The van der Waals surface area contributed by atoms with Crippen LogP contribution in [0.1, 0.15) is 17.4 Å². The molecule has 90 valence electrons. The number of hydrogen-bond donors (Lipinski definition) is 3. The number of halogens is 1. The van der Waals surface area contributed by atoms with E-state index in [2.05, 4.69) is 26.2 Å². The minimum absolute atomic E-state index is 0.0719. The minimum atomic E-state index is -0.249. The number of nitrogens with one attached hydrogen (secondary N) is 2. The average Bonchev–Trinajstić information content (AvgIpc) is 2.71. The predicted molar refractivity (Wildman–Crippen MR) is 70.0 cm³/mol. The fraction of sp³-hybridized carbons (Fsp3) is 0.250. The van der Waals surface area contributed by atoms with Crippen molar-refractivity contribution < 1.29 is 9.90 Å². The highest BCUT2D eigenvalue weighted by molar-refractivity contribution is 9.10. The zero-order valence-corrected chi connectivity index (χ0v) is 10.9. The van der Waals surface area contributed by atoms with Gasteiger partial charge in [0.2, 0.25) is 0 Å². The molecule has 17 heavy (non-hydrogen) atoms. The number of carbonyl (C=O) groups excluding carboxylic acids is 1. The van der Waals surface area contributed by atoms with Gasteiger partial charge in [-0.3, -0.25) is 4.79 Å². The zero-order chi connectivity index (χ0) is 12.4. The van der Waals surface area contributed by atoms with Gasteiger partial charge in [0.25, 0.3) is 5.91 Å². The molecule has 1 unspecified atom stereocenters. The Morgan fingerprint density at radius 1 is 1.53 bits per heavy atom. The summed E-state index contributed by atoms with van der Waals surface area (Å²) >= 11 is 3.38. The highest BCUT2D eigenvalue weighted by Gasteiger charge is 2.11. The topological polar surface area (TPSA) is 65.1 Å². The van der Waals surface area contributed by atoms with Gasteiger partial charge in [0.05, 0.1) is 6.61 Å². The molecule has 0 saturated heterocycles. The van der Waals surface area contributed by atoms with Crippen LogP contribution in [0.2, 0.25) is 0 Å². The molecule has 1 heterocycles. The van der Waals surface area contributed by atoms with Crippen LogP contribution >= 0.6 is 15.9 Å². The summed E-state index contributed by atoms with van der Waals surface area (Å²) in [6.07, 6.45) is 0. The van der Waals surface area contributed by atoms with Crippen molar-refractivity contribution in [3.8, 4) is 0 Å². The maximum absolute atomic E-state index is 11.8. The van der Waals surface area contributed by atoms with Crippen molar-refractivity contribution in [2.45, 2.75) is 13.0 Å². The molecule has 1 aromatic carbocycles. The molecule has 0 spiro atoms. The van der Waals surface area contributed by atoms with Crippen LogP contribution in [0.5, 0.6) is 0 Å². The van der Waals surface area contributed by atoms with Crippen molar-refractivity contribution in [2.24, 2.45) is 0 Å². The first-order valence-electron chi connectivity index (χ1n) is 5.30. The van der Waals surface area contributed by atoms with Gasteiger partial charge in [-0.15, -0.1) is 0 Å². The minimum Gasteiger partial charge on any atom is -0.394 e. The number of hydrogen-bond acceptors (Lipinski definition) is 2. The summed E-state index contributed by atoms with van der Waals surface area (Å²) < 4.78 is 0.961. The van der Waals surface area contributed by atoms with E-state index >= 15 is 0 Å². The number of carbonyl (C=O) groups is 1. The second-order valence-electron chi connectivity index (χ2n) is 3.97. The van der Waals surface area contributed by atoms with E-state index in [1.807, 2.05) is 18.2 Å². The molecule has 0 aliphatic heterocycles. The van der Waals surface area contributed by atoms with Crippen LogP contribution in [-0.4, -0.2) is 28.6 Å². The van der Waals surface area contributed by atoms with E-state index in [1.54, 1.807) is 13.0 Å². The van der Waals surface area contributed by atoms with Crippen molar-refractivity contribution in [2.75, 3.05) is 6.61 Å². The molecule has 2 rings (SSSR count). The Bertz CT molecular complexity index is 550. The van der Waals surface area contributed by atoms with Crippen molar-refractivity contribution in [3.63, 3.8) is 0 Å². The predicted octanol–water partition coefficient (Wildman–Crippen LogP) is 2.04. The molecule has 0 fully saturated rings. The number of amides is 1. The van der Waals surface area contributed by atoms with Gasteiger partial charge < -0.3 is 15.4 Å². The summed E-state index contributed by atoms with van der Waals surface area (Å²) in [6.45, 7) is 1.68. The van der Waals surface area contributed by atoms with Crippen LogP contribution in [-0.2, 0) is 0 Å². The van der Waals surface area contributed by atoms with Gasteiger partial charge in [-0.1, -0.05) is 22.0 Å². The summed E-state index contributed by atoms with van der Waals surface area (Å²) in [5, 5.41) is 12.5. The molecule has 1 aromatic heterocycles.